The third-order valence-corrected chi connectivity index (χ3v) is 8.41. The average Bonchev–Trinajstić information content (AvgIpc) is 3.58. The molecule has 220 valence electrons. The van der Waals surface area contributed by atoms with E-state index in [-0.39, 0.29) is 24.1 Å². The first-order chi connectivity index (χ1) is 19.6. The molecule has 1 aromatic carbocycles. The maximum Gasteiger partial charge on any atom is 0.204 e. The van der Waals surface area contributed by atoms with Crippen molar-refractivity contribution in [3.05, 3.63) is 65.7 Å². The number of hydrogen-bond acceptors (Lipinski definition) is 12. The number of aromatic nitrogens is 5. The van der Waals surface area contributed by atoms with E-state index < -0.39 is 39.7 Å². The standard InChI is InChI=1S/C27H33N5O8S/c1-16-11-28-26(29-12-16)25(39-14-19(34)13-33)18(3)41(35,36)15-23-30-31-27(22-10-9-17(2)40-22)32(23)24-20(37-4)7-6-8-21(24)38-5/h6-12,18-19,25,33-34H,13-15H2,1-5H3/t18-,19+,25+/m0/s1. The van der Waals surface area contributed by atoms with Gasteiger partial charge in [-0.15, -0.1) is 10.2 Å². The molecule has 0 saturated carbocycles. The zero-order valence-corrected chi connectivity index (χ0v) is 24.2. The fourth-order valence-corrected chi connectivity index (χ4v) is 5.53. The van der Waals surface area contributed by atoms with Crippen molar-refractivity contribution in [2.75, 3.05) is 27.4 Å². The Morgan fingerprint density at radius 3 is 2.24 bits per heavy atom. The predicted molar refractivity (Wildman–Crippen MR) is 148 cm³/mol. The van der Waals surface area contributed by atoms with Gasteiger partial charge in [-0.25, -0.2) is 18.4 Å². The number of aliphatic hydroxyl groups is 2. The summed E-state index contributed by atoms with van der Waals surface area (Å²) in [4.78, 5) is 8.51. The van der Waals surface area contributed by atoms with Crippen LogP contribution in [-0.4, -0.2) is 82.2 Å². The molecule has 0 radical (unpaired) electrons. The molecule has 2 N–H and O–H groups in total. The Labute approximate surface area is 237 Å². The van der Waals surface area contributed by atoms with E-state index in [1.807, 2.05) is 0 Å². The second kappa shape index (κ2) is 12.8. The molecule has 3 atom stereocenters. The lowest BCUT2D eigenvalue weighted by atomic mass is 10.2. The number of rotatable bonds is 13. The highest BCUT2D eigenvalue weighted by atomic mass is 32.2. The molecule has 0 bridgehead atoms. The molecule has 0 fully saturated rings. The first-order valence-corrected chi connectivity index (χ1v) is 14.4. The van der Waals surface area contributed by atoms with Crippen molar-refractivity contribution < 1.29 is 37.3 Å². The van der Waals surface area contributed by atoms with Crippen molar-refractivity contribution in [3.63, 3.8) is 0 Å². The lowest BCUT2D eigenvalue weighted by molar-refractivity contribution is -0.0324. The summed E-state index contributed by atoms with van der Waals surface area (Å²) in [5, 5.41) is 26.5. The molecule has 3 aromatic heterocycles. The van der Waals surface area contributed by atoms with Gasteiger partial charge in [0.2, 0.25) is 5.82 Å². The Balaban J connectivity index is 1.80. The number of ether oxygens (including phenoxy) is 3. The molecule has 14 heteroatoms. The molecule has 0 unspecified atom stereocenters. The maximum absolute atomic E-state index is 13.9. The molecule has 0 aliphatic heterocycles. The van der Waals surface area contributed by atoms with Crippen LogP contribution in [0, 0.1) is 13.8 Å². The Hall–Kier alpha value is -3.85. The average molecular weight is 588 g/mol. The highest BCUT2D eigenvalue weighted by molar-refractivity contribution is 7.91. The van der Waals surface area contributed by atoms with E-state index in [0.717, 1.165) is 5.56 Å². The zero-order chi connectivity index (χ0) is 29.7. The number of para-hydroxylation sites is 1. The van der Waals surface area contributed by atoms with Gasteiger partial charge in [-0.2, -0.15) is 0 Å². The number of furan rings is 1. The predicted octanol–water partition coefficient (Wildman–Crippen LogP) is 2.37. The van der Waals surface area contributed by atoms with E-state index in [4.69, 9.17) is 18.6 Å². The molecule has 0 amide bonds. The molecule has 0 aliphatic rings. The van der Waals surface area contributed by atoms with Crippen molar-refractivity contribution in [1.29, 1.82) is 0 Å². The molecular formula is C27H33N5O8S. The Morgan fingerprint density at radius 1 is 1.02 bits per heavy atom. The third-order valence-electron chi connectivity index (χ3n) is 6.37. The van der Waals surface area contributed by atoms with Crippen molar-refractivity contribution >= 4 is 9.84 Å². The van der Waals surface area contributed by atoms with Crippen LogP contribution in [0.3, 0.4) is 0 Å². The Bertz CT molecular complexity index is 1550. The quantitative estimate of drug-likeness (QED) is 0.234. The monoisotopic (exact) mass is 587 g/mol. The molecule has 13 nitrogen and oxygen atoms in total. The van der Waals surface area contributed by atoms with Gasteiger partial charge in [0.05, 0.1) is 32.7 Å². The number of hydrogen-bond donors (Lipinski definition) is 2. The number of methoxy groups -OCH3 is 2. The molecule has 41 heavy (non-hydrogen) atoms. The molecule has 4 aromatic rings. The summed E-state index contributed by atoms with van der Waals surface area (Å²) in [5.41, 5.74) is 1.17. The summed E-state index contributed by atoms with van der Waals surface area (Å²) in [7, 11) is -1.07. The highest BCUT2D eigenvalue weighted by Crippen LogP contribution is 2.37. The second-order valence-electron chi connectivity index (χ2n) is 9.42. The van der Waals surface area contributed by atoms with E-state index in [1.165, 1.54) is 25.7 Å². The van der Waals surface area contributed by atoms with Crippen LogP contribution in [0.15, 0.2) is 47.1 Å². The molecular weight excluding hydrogens is 554 g/mol. The van der Waals surface area contributed by atoms with Crippen LogP contribution >= 0.6 is 0 Å². The highest BCUT2D eigenvalue weighted by Gasteiger charge is 2.36. The van der Waals surface area contributed by atoms with Crippen LogP contribution in [0.4, 0.5) is 0 Å². The SMILES string of the molecule is COc1cccc(OC)c1-n1c(CS(=O)(=O)[C@@H](C)[C@@H](OC[C@H](O)CO)c2ncc(C)cn2)nnc1-c1ccc(C)o1. The summed E-state index contributed by atoms with van der Waals surface area (Å²) in [6.45, 7) is 4.17. The lowest BCUT2D eigenvalue weighted by Gasteiger charge is -2.24. The largest absolute Gasteiger partial charge is 0.494 e. The van der Waals surface area contributed by atoms with E-state index in [2.05, 4.69) is 20.2 Å². The van der Waals surface area contributed by atoms with Crippen LogP contribution in [0.25, 0.3) is 17.3 Å². The van der Waals surface area contributed by atoms with Crippen molar-refractivity contribution in [2.45, 2.75) is 44.0 Å². The van der Waals surface area contributed by atoms with Crippen LogP contribution in [-0.2, 0) is 20.3 Å². The van der Waals surface area contributed by atoms with Gasteiger partial charge in [-0.3, -0.25) is 4.57 Å². The summed E-state index contributed by atoms with van der Waals surface area (Å²) in [5.74, 6) is 1.68. The van der Waals surface area contributed by atoms with Gasteiger partial charge in [0.25, 0.3) is 0 Å². The third kappa shape index (κ3) is 6.56. The first-order valence-electron chi connectivity index (χ1n) is 12.7. The van der Waals surface area contributed by atoms with Gasteiger partial charge >= 0.3 is 0 Å². The van der Waals surface area contributed by atoms with Gasteiger partial charge in [0.1, 0.15) is 40.9 Å². The number of sulfone groups is 1. The zero-order valence-electron chi connectivity index (χ0n) is 23.4. The van der Waals surface area contributed by atoms with Crippen LogP contribution in [0.5, 0.6) is 11.5 Å². The topological polar surface area (TPSA) is 172 Å². The summed E-state index contributed by atoms with van der Waals surface area (Å²) >= 11 is 0. The summed E-state index contributed by atoms with van der Waals surface area (Å²) in [6.07, 6.45) is 0.732. The molecule has 4 rings (SSSR count). The van der Waals surface area contributed by atoms with E-state index >= 15 is 0 Å². The second-order valence-corrected chi connectivity index (χ2v) is 11.8. The number of aryl methyl sites for hydroxylation is 2. The Kier molecular flexibility index (Phi) is 9.38. The molecule has 3 heterocycles. The number of aliphatic hydroxyl groups excluding tert-OH is 2. The number of benzene rings is 1. The fourth-order valence-electron chi connectivity index (χ4n) is 4.15. The minimum absolute atomic E-state index is 0.0719. The van der Waals surface area contributed by atoms with Crippen LogP contribution < -0.4 is 9.47 Å². The van der Waals surface area contributed by atoms with E-state index in [0.29, 0.717) is 28.7 Å². The number of nitrogens with zero attached hydrogens (tertiary/aromatic N) is 5. The lowest BCUT2D eigenvalue weighted by Crippen LogP contribution is -2.33. The van der Waals surface area contributed by atoms with Crippen LogP contribution in [0.2, 0.25) is 0 Å². The van der Waals surface area contributed by atoms with Gasteiger partial charge in [-0.05, 0) is 50.6 Å². The van der Waals surface area contributed by atoms with Crippen molar-refractivity contribution in [3.8, 4) is 28.8 Å². The minimum Gasteiger partial charge on any atom is -0.494 e. The van der Waals surface area contributed by atoms with Crippen molar-refractivity contribution in [1.82, 2.24) is 24.7 Å². The normalized spacial score (nSPS) is 14.0. The molecule has 0 saturated heterocycles. The maximum atomic E-state index is 13.9. The summed E-state index contributed by atoms with van der Waals surface area (Å²) < 4.78 is 52.1. The molecule has 0 aliphatic carbocycles. The Morgan fingerprint density at radius 2 is 1.68 bits per heavy atom. The van der Waals surface area contributed by atoms with Gasteiger partial charge in [0.15, 0.2) is 27.2 Å². The van der Waals surface area contributed by atoms with Gasteiger partial charge in [0, 0.05) is 12.4 Å². The van der Waals surface area contributed by atoms with Crippen molar-refractivity contribution in [2.24, 2.45) is 0 Å². The summed E-state index contributed by atoms with van der Waals surface area (Å²) in [6, 6.07) is 8.63. The smallest absolute Gasteiger partial charge is 0.204 e. The van der Waals surface area contributed by atoms with E-state index in [9.17, 15) is 18.6 Å². The van der Waals surface area contributed by atoms with Gasteiger partial charge in [-0.1, -0.05) is 6.07 Å². The molecule has 0 spiro atoms. The first kappa shape index (κ1) is 30.1. The van der Waals surface area contributed by atoms with Crippen LogP contribution in [0.1, 0.15) is 36.0 Å². The van der Waals surface area contributed by atoms with Gasteiger partial charge < -0.3 is 28.8 Å². The minimum atomic E-state index is -4.04. The van der Waals surface area contributed by atoms with E-state index in [1.54, 1.807) is 56.6 Å². The fraction of sp³-hybridized carbons (Fsp3) is 0.407.